The van der Waals surface area contributed by atoms with Crippen LogP contribution in [0.1, 0.15) is 31.4 Å². The predicted octanol–water partition coefficient (Wildman–Crippen LogP) is 1.71. The van der Waals surface area contributed by atoms with E-state index in [4.69, 9.17) is 9.47 Å². The summed E-state index contributed by atoms with van der Waals surface area (Å²) in [7, 11) is 0. The number of carbonyl (C=O) groups is 1. The van der Waals surface area contributed by atoms with Crippen molar-refractivity contribution in [3.8, 4) is 11.5 Å². The molecule has 1 aromatic heterocycles. The van der Waals surface area contributed by atoms with E-state index in [-0.39, 0.29) is 12.0 Å². The fourth-order valence-electron chi connectivity index (χ4n) is 2.76. The number of hydrogen-bond acceptors (Lipinski definition) is 5. The minimum Gasteiger partial charge on any atom is -0.494 e. The molecule has 7 heteroatoms. The molecule has 0 aliphatic carbocycles. The number of fused-ring (bicyclic) bond motifs is 1. The van der Waals surface area contributed by atoms with Gasteiger partial charge in [0.15, 0.2) is 0 Å². The first-order chi connectivity index (χ1) is 11.7. The molecule has 2 heterocycles. The van der Waals surface area contributed by atoms with Crippen LogP contribution in [0.2, 0.25) is 0 Å². The maximum Gasteiger partial charge on any atom is 0.222 e. The quantitative estimate of drug-likeness (QED) is 0.836. The van der Waals surface area contributed by atoms with Gasteiger partial charge in [0.2, 0.25) is 5.91 Å². The molecule has 1 atom stereocenters. The number of rotatable bonds is 7. The van der Waals surface area contributed by atoms with Gasteiger partial charge in [0.05, 0.1) is 13.2 Å². The zero-order chi connectivity index (χ0) is 16.9. The Hall–Kier alpha value is -2.57. The van der Waals surface area contributed by atoms with Crippen molar-refractivity contribution in [2.75, 3.05) is 6.61 Å². The van der Waals surface area contributed by atoms with Gasteiger partial charge in [-0.05, 0) is 26.0 Å². The van der Waals surface area contributed by atoms with Crippen LogP contribution in [0.5, 0.6) is 11.5 Å². The Morgan fingerprint density at radius 2 is 2.38 bits per heavy atom. The van der Waals surface area contributed by atoms with Gasteiger partial charge in [-0.1, -0.05) is 0 Å². The van der Waals surface area contributed by atoms with Gasteiger partial charge in [-0.3, -0.25) is 9.48 Å². The average molecular weight is 330 g/mol. The van der Waals surface area contributed by atoms with Crippen molar-refractivity contribution < 1.29 is 14.3 Å². The minimum absolute atomic E-state index is 0.0391. The molecule has 0 saturated heterocycles. The predicted molar refractivity (Wildman–Crippen MR) is 87.9 cm³/mol. The fraction of sp³-hybridized carbons (Fsp3) is 0.471. The van der Waals surface area contributed by atoms with Crippen molar-refractivity contribution in [1.29, 1.82) is 0 Å². The largest absolute Gasteiger partial charge is 0.494 e. The summed E-state index contributed by atoms with van der Waals surface area (Å²) in [6.07, 6.45) is 4.48. The normalized spacial score (nSPS) is 15.7. The summed E-state index contributed by atoms with van der Waals surface area (Å²) in [6.45, 7) is 5.51. The Labute approximate surface area is 141 Å². The van der Waals surface area contributed by atoms with Crippen molar-refractivity contribution in [3.63, 3.8) is 0 Å². The summed E-state index contributed by atoms with van der Waals surface area (Å²) in [5.74, 6) is 1.66. The third kappa shape index (κ3) is 3.84. The zero-order valence-corrected chi connectivity index (χ0v) is 14.0. The van der Waals surface area contributed by atoms with Crippen LogP contribution in [0.25, 0.3) is 0 Å². The van der Waals surface area contributed by atoms with E-state index < -0.39 is 0 Å². The van der Waals surface area contributed by atoms with Gasteiger partial charge < -0.3 is 14.8 Å². The molecule has 1 aliphatic heterocycles. The number of hydrogen-bond donors (Lipinski definition) is 1. The number of amides is 1. The van der Waals surface area contributed by atoms with Crippen molar-refractivity contribution in [2.24, 2.45) is 0 Å². The summed E-state index contributed by atoms with van der Waals surface area (Å²) in [4.78, 5) is 15.9. The van der Waals surface area contributed by atoms with Crippen LogP contribution in [0, 0.1) is 0 Å². The first-order valence-electron chi connectivity index (χ1n) is 8.20. The molecular weight excluding hydrogens is 308 g/mol. The molecule has 2 aromatic rings. The van der Waals surface area contributed by atoms with Crippen LogP contribution in [-0.2, 0) is 24.3 Å². The Kier molecular flexibility index (Phi) is 4.98. The maximum absolute atomic E-state index is 12.0. The lowest BCUT2D eigenvalue weighted by Gasteiger charge is -2.13. The zero-order valence-electron chi connectivity index (χ0n) is 14.0. The number of carbonyl (C=O) groups excluding carboxylic acids is 1. The van der Waals surface area contributed by atoms with Gasteiger partial charge >= 0.3 is 0 Å². The molecule has 24 heavy (non-hydrogen) atoms. The SMILES string of the molecule is CCOc1cc2c(cc1CNC(=O)CCn1cncn1)O[C@@H](C)C2. The molecule has 1 aliphatic rings. The van der Waals surface area contributed by atoms with Crippen LogP contribution >= 0.6 is 0 Å². The van der Waals surface area contributed by atoms with Gasteiger partial charge in [-0.2, -0.15) is 5.10 Å². The summed E-state index contributed by atoms with van der Waals surface area (Å²) < 4.78 is 13.2. The van der Waals surface area contributed by atoms with E-state index in [0.29, 0.717) is 26.1 Å². The van der Waals surface area contributed by atoms with Crippen molar-refractivity contribution in [2.45, 2.75) is 45.9 Å². The average Bonchev–Trinajstić information content (AvgIpc) is 3.19. The molecule has 1 N–H and O–H groups in total. The topological polar surface area (TPSA) is 78.3 Å². The molecule has 128 valence electrons. The van der Waals surface area contributed by atoms with E-state index in [1.54, 1.807) is 11.0 Å². The molecule has 0 fully saturated rings. The van der Waals surface area contributed by atoms with Crippen molar-refractivity contribution >= 4 is 5.91 Å². The van der Waals surface area contributed by atoms with Crippen LogP contribution < -0.4 is 14.8 Å². The first-order valence-corrected chi connectivity index (χ1v) is 8.20. The molecule has 0 bridgehead atoms. The first kappa shape index (κ1) is 16.3. The summed E-state index contributed by atoms with van der Waals surface area (Å²) in [5.41, 5.74) is 2.09. The molecule has 0 radical (unpaired) electrons. The van der Waals surface area contributed by atoms with Gasteiger partial charge in [0.1, 0.15) is 30.3 Å². The second-order valence-corrected chi connectivity index (χ2v) is 5.82. The van der Waals surface area contributed by atoms with Gasteiger partial charge in [-0.25, -0.2) is 4.98 Å². The molecule has 3 rings (SSSR count). The smallest absolute Gasteiger partial charge is 0.222 e. The third-order valence-corrected chi connectivity index (χ3v) is 3.89. The molecule has 0 saturated carbocycles. The lowest BCUT2D eigenvalue weighted by molar-refractivity contribution is -0.121. The Balaban J connectivity index is 1.61. The molecular formula is C17H22N4O3. The van der Waals surface area contributed by atoms with Crippen LogP contribution in [0.15, 0.2) is 24.8 Å². The van der Waals surface area contributed by atoms with Crippen molar-refractivity contribution in [1.82, 2.24) is 20.1 Å². The van der Waals surface area contributed by atoms with Gasteiger partial charge in [0, 0.05) is 30.5 Å². The lowest BCUT2D eigenvalue weighted by atomic mass is 10.1. The van der Waals surface area contributed by atoms with E-state index in [1.165, 1.54) is 6.33 Å². The highest BCUT2D eigenvalue weighted by molar-refractivity contribution is 5.75. The Bertz CT molecular complexity index is 700. The van der Waals surface area contributed by atoms with E-state index in [1.807, 2.05) is 26.0 Å². The number of nitrogens with one attached hydrogen (secondary N) is 1. The third-order valence-electron chi connectivity index (χ3n) is 3.89. The van der Waals surface area contributed by atoms with Crippen LogP contribution in [-0.4, -0.2) is 33.4 Å². The second-order valence-electron chi connectivity index (χ2n) is 5.82. The monoisotopic (exact) mass is 330 g/mol. The summed E-state index contributed by atoms with van der Waals surface area (Å²) in [5, 5.41) is 6.91. The highest BCUT2D eigenvalue weighted by Crippen LogP contribution is 2.35. The number of benzene rings is 1. The maximum atomic E-state index is 12.0. The van der Waals surface area contributed by atoms with E-state index in [0.717, 1.165) is 29.0 Å². The number of aromatic nitrogens is 3. The Morgan fingerprint density at radius 3 is 3.12 bits per heavy atom. The highest BCUT2D eigenvalue weighted by atomic mass is 16.5. The Morgan fingerprint density at radius 1 is 1.50 bits per heavy atom. The standard InChI is InChI=1S/C17H22N4O3/c1-3-23-15-7-13-6-12(2)24-16(13)8-14(15)9-19-17(22)4-5-21-11-18-10-20-21/h7-8,10-12H,3-6,9H2,1-2H3,(H,19,22)/t12-/m0/s1. The van der Waals surface area contributed by atoms with Crippen LogP contribution in [0.4, 0.5) is 0 Å². The van der Waals surface area contributed by atoms with Gasteiger partial charge in [0.25, 0.3) is 0 Å². The number of aryl methyl sites for hydroxylation is 1. The summed E-state index contributed by atoms with van der Waals surface area (Å²) in [6, 6.07) is 4.00. The van der Waals surface area contributed by atoms with E-state index in [9.17, 15) is 4.79 Å². The van der Waals surface area contributed by atoms with Gasteiger partial charge in [-0.15, -0.1) is 0 Å². The summed E-state index contributed by atoms with van der Waals surface area (Å²) >= 11 is 0. The lowest BCUT2D eigenvalue weighted by Crippen LogP contribution is -2.24. The van der Waals surface area contributed by atoms with Crippen LogP contribution in [0.3, 0.4) is 0 Å². The fourth-order valence-corrected chi connectivity index (χ4v) is 2.76. The molecule has 0 unspecified atom stereocenters. The minimum atomic E-state index is -0.0391. The molecule has 0 spiro atoms. The highest BCUT2D eigenvalue weighted by Gasteiger charge is 2.22. The molecule has 1 amide bonds. The number of ether oxygens (including phenoxy) is 2. The second kappa shape index (κ2) is 7.33. The van der Waals surface area contributed by atoms with E-state index >= 15 is 0 Å². The van der Waals surface area contributed by atoms with E-state index in [2.05, 4.69) is 15.4 Å². The molecule has 7 nitrogen and oxygen atoms in total. The molecule has 1 aromatic carbocycles. The van der Waals surface area contributed by atoms with Crippen molar-refractivity contribution in [3.05, 3.63) is 35.9 Å². The number of nitrogens with zero attached hydrogens (tertiary/aromatic N) is 3.